The van der Waals surface area contributed by atoms with Crippen LogP contribution in [-0.4, -0.2) is 54.4 Å². The number of nitrogens with zero attached hydrogens (tertiary/aromatic N) is 6. The first-order chi connectivity index (χ1) is 16.9. The Morgan fingerprint density at radius 3 is 2.63 bits per heavy atom. The molecule has 0 bridgehead atoms. The van der Waals surface area contributed by atoms with Crippen LogP contribution >= 0.6 is 11.3 Å². The first kappa shape index (κ1) is 23.8. The second kappa shape index (κ2) is 10.3. The standard InChI is InChI=1S/C22H22N8O4S/c1-3-11-34-22(33)16-13(2)17(18(23)31)35-21(16)24-20(32)15-9-10-29(26-15)12-30-27-19(25-28-30)14-7-5-4-6-8-14/h4-10H,3,11-12H2,1-2H3,(H2,23,31)(H,24,32). The fourth-order valence-corrected chi connectivity index (χ4v) is 4.26. The fraction of sp³-hybridized carbons (Fsp3) is 0.227. The summed E-state index contributed by atoms with van der Waals surface area (Å²) in [6.45, 7) is 3.78. The molecule has 0 aliphatic heterocycles. The minimum Gasteiger partial charge on any atom is -0.462 e. The number of aromatic nitrogens is 6. The zero-order valence-corrected chi connectivity index (χ0v) is 19.8. The Balaban J connectivity index is 1.49. The van der Waals surface area contributed by atoms with Gasteiger partial charge in [-0.1, -0.05) is 37.3 Å². The predicted octanol–water partition coefficient (Wildman–Crippen LogP) is 2.33. The van der Waals surface area contributed by atoms with Gasteiger partial charge in [-0.2, -0.15) is 5.10 Å². The first-order valence-electron chi connectivity index (χ1n) is 10.7. The molecule has 0 spiro atoms. The van der Waals surface area contributed by atoms with Crippen LogP contribution in [0.3, 0.4) is 0 Å². The first-order valence-corrected chi connectivity index (χ1v) is 11.5. The topological polar surface area (TPSA) is 160 Å². The van der Waals surface area contributed by atoms with Crippen LogP contribution in [-0.2, 0) is 11.4 Å². The summed E-state index contributed by atoms with van der Waals surface area (Å²) in [5.74, 6) is -1.43. The number of nitrogens with two attached hydrogens (primary N) is 1. The van der Waals surface area contributed by atoms with Gasteiger partial charge in [0, 0.05) is 11.8 Å². The van der Waals surface area contributed by atoms with E-state index >= 15 is 0 Å². The quantitative estimate of drug-likeness (QED) is 0.335. The average molecular weight is 495 g/mol. The lowest BCUT2D eigenvalue weighted by molar-refractivity contribution is 0.0506. The number of primary amides is 1. The third-order valence-electron chi connectivity index (χ3n) is 4.87. The van der Waals surface area contributed by atoms with E-state index in [0.717, 1.165) is 16.9 Å². The maximum absolute atomic E-state index is 12.8. The Morgan fingerprint density at radius 1 is 1.14 bits per heavy atom. The van der Waals surface area contributed by atoms with Crippen molar-refractivity contribution in [2.75, 3.05) is 11.9 Å². The molecule has 0 atom stereocenters. The van der Waals surface area contributed by atoms with Gasteiger partial charge in [0.15, 0.2) is 12.4 Å². The minimum absolute atomic E-state index is 0.0907. The summed E-state index contributed by atoms with van der Waals surface area (Å²) in [5, 5.41) is 19.4. The van der Waals surface area contributed by atoms with Crippen LogP contribution in [0.25, 0.3) is 11.4 Å². The summed E-state index contributed by atoms with van der Waals surface area (Å²) in [5.41, 5.74) is 6.80. The molecule has 3 heterocycles. The van der Waals surface area contributed by atoms with Crippen molar-refractivity contribution in [3.63, 3.8) is 0 Å². The number of ether oxygens (including phenoxy) is 1. The monoisotopic (exact) mass is 494 g/mol. The van der Waals surface area contributed by atoms with Crippen LogP contribution in [0, 0.1) is 6.92 Å². The highest BCUT2D eigenvalue weighted by Crippen LogP contribution is 2.33. The van der Waals surface area contributed by atoms with Gasteiger partial charge in [0.2, 0.25) is 5.82 Å². The number of carbonyl (C=O) groups is 3. The third kappa shape index (κ3) is 5.24. The van der Waals surface area contributed by atoms with Gasteiger partial charge in [-0.05, 0) is 30.2 Å². The minimum atomic E-state index is -0.697. The SMILES string of the molecule is CCCOC(=O)c1c(NC(=O)c2ccn(Cn3nnc(-c4ccccc4)n3)n2)sc(C(N)=O)c1C. The van der Waals surface area contributed by atoms with Crippen molar-refractivity contribution in [1.82, 2.24) is 30.0 Å². The number of hydrogen-bond acceptors (Lipinski definition) is 9. The molecule has 4 rings (SSSR count). The zero-order valence-electron chi connectivity index (χ0n) is 19.0. The van der Waals surface area contributed by atoms with Gasteiger partial charge in [0.05, 0.1) is 17.0 Å². The molecule has 0 aliphatic carbocycles. The van der Waals surface area contributed by atoms with Gasteiger partial charge in [0.25, 0.3) is 11.8 Å². The van der Waals surface area contributed by atoms with Gasteiger partial charge in [-0.25, -0.2) is 9.48 Å². The molecular formula is C22H22N8O4S. The molecule has 3 N–H and O–H groups in total. The fourth-order valence-electron chi connectivity index (χ4n) is 3.21. The molecule has 1 aromatic carbocycles. The van der Waals surface area contributed by atoms with E-state index in [1.54, 1.807) is 13.1 Å². The van der Waals surface area contributed by atoms with Gasteiger partial charge < -0.3 is 15.8 Å². The average Bonchev–Trinajstić information content (AvgIpc) is 3.58. The summed E-state index contributed by atoms with van der Waals surface area (Å²) < 4.78 is 6.67. The highest BCUT2D eigenvalue weighted by Gasteiger charge is 2.26. The predicted molar refractivity (Wildman–Crippen MR) is 127 cm³/mol. The van der Waals surface area contributed by atoms with Crippen LogP contribution in [0.5, 0.6) is 0 Å². The number of anilines is 1. The Kier molecular flexibility index (Phi) is 6.96. The van der Waals surface area contributed by atoms with Crippen molar-refractivity contribution in [3.8, 4) is 11.4 Å². The van der Waals surface area contributed by atoms with Crippen molar-refractivity contribution in [3.05, 3.63) is 64.3 Å². The third-order valence-corrected chi connectivity index (χ3v) is 6.09. The molecule has 180 valence electrons. The lowest BCUT2D eigenvalue weighted by atomic mass is 10.1. The second-order valence-electron chi connectivity index (χ2n) is 7.45. The second-order valence-corrected chi connectivity index (χ2v) is 8.47. The Labute approximate surface area is 203 Å². The van der Waals surface area contributed by atoms with Crippen LogP contribution in [0.4, 0.5) is 5.00 Å². The van der Waals surface area contributed by atoms with E-state index in [2.05, 4.69) is 25.8 Å². The van der Waals surface area contributed by atoms with E-state index in [9.17, 15) is 14.4 Å². The molecule has 0 saturated heterocycles. The molecule has 0 aliphatic rings. The van der Waals surface area contributed by atoms with Gasteiger partial charge in [0.1, 0.15) is 5.00 Å². The van der Waals surface area contributed by atoms with E-state index < -0.39 is 17.8 Å². The molecule has 35 heavy (non-hydrogen) atoms. The number of tetrazole rings is 1. The highest BCUT2D eigenvalue weighted by atomic mass is 32.1. The molecule has 2 amide bonds. The number of esters is 1. The number of carbonyl (C=O) groups excluding carboxylic acids is 3. The number of thiophene rings is 1. The number of hydrogen-bond donors (Lipinski definition) is 2. The van der Waals surface area contributed by atoms with Crippen molar-refractivity contribution < 1.29 is 19.1 Å². The van der Waals surface area contributed by atoms with E-state index in [-0.39, 0.29) is 34.4 Å². The smallest absolute Gasteiger partial charge is 0.341 e. The number of nitrogens with one attached hydrogen (secondary N) is 1. The van der Waals surface area contributed by atoms with Gasteiger partial charge in [-0.15, -0.1) is 26.3 Å². The number of rotatable bonds is 9. The van der Waals surface area contributed by atoms with Crippen molar-refractivity contribution >= 4 is 34.1 Å². The number of benzene rings is 1. The lowest BCUT2D eigenvalue weighted by Crippen LogP contribution is -2.17. The van der Waals surface area contributed by atoms with Crippen molar-refractivity contribution in [1.29, 1.82) is 0 Å². The Bertz CT molecular complexity index is 1380. The maximum Gasteiger partial charge on any atom is 0.341 e. The lowest BCUT2D eigenvalue weighted by Gasteiger charge is -2.07. The Hall–Kier alpha value is -4.39. The molecule has 3 aromatic heterocycles. The van der Waals surface area contributed by atoms with E-state index in [0.29, 0.717) is 17.8 Å². The normalized spacial score (nSPS) is 10.8. The van der Waals surface area contributed by atoms with Crippen molar-refractivity contribution in [2.45, 2.75) is 26.9 Å². The van der Waals surface area contributed by atoms with E-state index in [1.165, 1.54) is 15.5 Å². The van der Waals surface area contributed by atoms with Crippen LogP contribution in [0.1, 0.15) is 49.4 Å². The van der Waals surface area contributed by atoms with E-state index in [1.807, 2.05) is 37.3 Å². The Morgan fingerprint density at radius 2 is 1.91 bits per heavy atom. The summed E-state index contributed by atoms with van der Waals surface area (Å²) in [7, 11) is 0. The summed E-state index contributed by atoms with van der Waals surface area (Å²) in [4.78, 5) is 38.7. The van der Waals surface area contributed by atoms with E-state index in [4.69, 9.17) is 10.5 Å². The highest BCUT2D eigenvalue weighted by molar-refractivity contribution is 7.18. The maximum atomic E-state index is 12.8. The van der Waals surface area contributed by atoms with Gasteiger partial charge >= 0.3 is 5.97 Å². The molecular weight excluding hydrogens is 472 g/mol. The summed E-state index contributed by atoms with van der Waals surface area (Å²) in [6, 6.07) is 10.9. The molecule has 12 nitrogen and oxygen atoms in total. The molecule has 0 saturated carbocycles. The largest absolute Gasteiger partial charge is 0.462 e. The van der Waals surface area contributed by atoms with Crippen LogP contribution < -0.4 is 11.1 Å². The van der Waals surface area contributed by atoms with Gasteiger partial charge in [-0.3, -0.25) is 9.59 Å². The van der Waals surface area contributed by atoms with Crippen LogP contribution in [0.2, 0.25) is 0 Å². The molecule has 13 heteroatoms. The summed E-state index contributed by atoms with van der Waals surface area (Å²) in [6.07, 6.45) is 2.22. The summed E-state index contributed by atoms with van der Waals surface area (Å²) >= 11 is 0.915. The molecule has 0 unspecified atom stereocenters. The molecule has 0 fully saturated rings. The molecule has 4 aromatic rings. The van der Waals surface area contributed by atoms with Crippen LogP contribution in [0.15, 0.2) is 42.6 Å². The number of amides is 2. The zero-order chi connectivity index (χ0) is 24.9. The molecule has 0 radical (unpaired) electrons. The van der Waals surface area contributed by atoms with Crippen molar-refractivity contribution in [2.24, 2.45) is 5.73 Å².